The summed E-state index contributed by atoms with van der Waals surface area (Å²) in [5.74, 6) is 1.36. The molecule has 1 aromatic heterocycles. The van der Waals surface area contributed by atoms with E-state index in [4.69, 9.17) is 0 Å². The van der Waals surface area contributed by atoms with E-state index in [9.17, 15) is 0 Å². The normalized spacial score (nSPS) is 22.3. The number of rotatable bonds is 1. The first-order chi connectivity index (χ1) is 9.09. The fourth-order valence-corrected chi connectivity index (χ4v) is 4.87. The largest absolute Gasteiger partial charge is 0.145 e. The molecule has 0 nitrogen and oxygen atoms in total. The Kier molecular flexibility index (Phi) is 3.26. The van der Waals surface area contributed by atoms with Crippen molar-refractivity contribution in [2.45, 2.75) is 52.4 Å². The lowest BCUT2D eigenvalue weighted by Gasteiger charge is -2.32. The van der Waals surface area contributed by atoms with Gasteiger partial charge in [0.2, 0.25) is 0 Å². The topological polar surface area (TPSA) is 0 Å². The van der Waals surface area contributed by atoms with E-state index >= 15 is 0 Å². The van der Waals surface area contributed by atoms with Gasteiger partial charge in [-0.3, -0.25) is 0 Å². The van der Waals surface area contributed by atoms with Crippen LogP contribution in [0.15, 0.2) is 24.3 Å². The molecule has 0 amide bonds. The molecule has 2 unspecified atom stereocenters. The molecule has 19 heavy (non-hydrogen) atoms. The predicted molar refractivity (Wildman–Crippen MR) is 84.4 cm³/mol. The van der Waals surface area contributed by atoms with Crippen LogP contribution in [0, 0.1) is 20.8 Å². The predicted octanol–water partition coefficient (Wildman–Crippen LogP) is 5.51. The Hall–Kier alpha value is -1.08. The minimum Gasteiger partial charge on any atom is -0.145 e. The first-order valence-electron chi connectivity index (χ1n) is 7.24. The molecule has 2 aromatic rings. The highest BCUT2D eigenvalue weighted by molar-refractivity contribution is 7.12. The average Bonchev–Trinajstić information content (AvgIpc) is 2.65. The van der Waals surface area contributed by atoms with Crippen LogP contribution in [0.1, 0.15) is 57.2 Å². The van der Waals surface area contributed by atoms with E-state index in [1.54, 1.807) is 22.3 Å². The molecular weight excluding hydrogens is 248 g/mol. The zero-order valence-electron chi connectivity index (χ0n) is 12.3. The van der Waals surface area contributed by atoms with Gasteiger partial charge >= 0.3 is 0 Å². The van der Waals surface area contributed by atoms with Crippen LogP contribution in [0.3, 0.4) is 0 Å². The number of hydrogen-bond donors (Lipinski definition) is 0. The van der Waals surface area contributed by atoms with Gasteiger partial charge in [-0.05, 0) is 67.7 Å². The van der Waals surface area contributed by atoms with Crippen molar-refractivity contribution < 1.29 is 0 Å². The molecule has 100 valence electrons. The highest BCUT2D eigenvalue weighted by Crippen LogP contribution is 2.46. The van der Waals surface area contributed by atoms with Crippen molar-refractivity contribution in [2.24, 2.45) is 0 Å². The molecule has 1 aliphatic carbocycles. The molecule has 0 radical (unpaired) electrons. The fourth-order valence-electron chi connectivity index (χ4n) is 3.73. The molecule has 1 aromatic carbocycles. The van der Waals surface area contributed by atoms with Crippen LogP contribution in [0.5, 0.6) is 0 Å². The van der Waals surface area contributed by atoms with Crippen molar-refractivity contribution in [3.8, 4) is 0 Å². The summed E-state index contributed by atoms with van der Waals surface area (Å²) in [5.41, 5.74) is 6.32. The molecule has 0 N–H and O–H groups in total. The van der Waals surface area contributed by atoms with Gasteiger partial charge in [0, 0.05) is 9.75 Å². The SMILES string of the molecule is Cc1sc(C)c(C2CCc3ccccc3C2C)c1C. The zero-order chi connectivity index (χ0) is 13.6. The van der Waals surface area contributed by atoms with Gasteiger partial charge in [0.1, 0.15) is 0 Å². The van der Waals surface area contributed by atoms with Crippen LogP contribution < -0.4 is 0 Å². The maximum Gasteiger partial charge on any atom is 0.00548 e. The van der Waals surface area contributed by atoms with Crippen molar-refractivity contribution in [1.82, 2.24) is 0 Å². The summed E-state index contributed by atoms with van der Waals surface area (Å²) in [6.45, 7) is 9.28. The number of aryl methyl sites for hydroxylation is 3. The van der Waals surface area contributed by atoms with Crippen LogP contribution >= 0.6 is 11.3 Å². The summed E-state index contributed by atoms with van der Waals surface area (Å²) in [7, 11) is 0. The molecule has 0 aliphatic heterocycles. The van der Waals surface area contributed by atoms with Gasteiger partial charge in [0.25, 0.3) is 0 Å². The molecule has 0 saturated heterocycles. The second-order valence-corrected chi connectivity index (χ2v) is 7.31. The zero-order valence-corrected chi connectivity index (χ0v) is 13.1. The number of hydrogen-bond acceptors (Lipinski definition) is 1. The Labute approximate surface area is 120 Å². The summed E-state index contributed by atoms with van der Waals surface area (Å²) in [4.78, 5) is 3.03. The van der Waals surface area contributed by atoms with Crippen LogP contribution in [-0.2, 0) is 6.42 Å². The highest BCUT2D eigenvalue weighted by Gasteiger charge is 2.30. The van der Waals surface area contributed by atoms with Crippen molar-refractivity contribution in [1.29, 1.82) is 0 Å². The second kappa shape index (κ2) is 4.79. The number of thiophene rings is 1. The molecular formula is C18H22S. The third kappa shape index (κ3) is 2.04. The molecule has 0 spiro atoms. The van der Waals surface area contributed by atoms with Crippen molar-refractivity contribution in [3.63, 3.8) is 0 Å². The van der Waals surface area contributed by atoms with E-state index in [1.165, 1.54) is 22.6 Å². The van der Waals surface area contributed by atoms with Crippen LogP contribution in [0.2, 0.25) is 0 Å². The molecule has 0 saturated carbocycles. The molecule has 1 heterocycles. The van der Waals surface area contributed by atoms with Gasteiger partial charge in [-0.1, -0.05) is 31.2 Å². The standard InChI is InChI=1S/C18H22S/c1-11-13(3)19-14(4)18(11)17-10-9-15-7-5-6-8-16(15)12(17)2/h5-8,12,17H,9-10H2,1-4H3. The summed E-state index contributed by atoms with van der Waals surface area (Å²) < 4.78 is 0. The Morgan fingerprint density at radius 2 is 1.79 bits per heavy atom. The molecule has 3 rings (SSSR count). The maximum atomic E-state index is 2.41. The molecule has 2 atom stereocenters. The van der Waals surface area contributed by atoms with E-state index in [0.29, 0.717) is 11.8 Å². The number of fused-ring (bicyclic) bond motifs is 1. The van der Waals surface area contributed by atoms with E-state index in [1.807, 2.05) is 11.3 Å². The van der Waals surface area contributed by atoms with Crippen molar-refractivity contribution in [3.05, 3.63) is 56.3 Å². The summed E-state index contributed by atoms with van der Waals surface area (Å²) in [5, 5.41) is 0. The second-order valence-electron chi connectivity index (χ2n) is 5.89. The van der Waals surface area contributed by atoms with E-state index in [-0.39, 0.29) is 0 Å². The fraction of sp³-hybridized carbons (Fsp3) is 0.444. The van der Waals surface area contributed by atoms with Gasteiger partial charge in [0.05, 0.1) is 0 Å². The minimum atomic E-state index is 0.649. The quantitative estimate of drug-likeness (QED) is 0.641. The Bertz CT molecular complexity index is 606. The van der Waals surface area contributed by atoms with E-state index in [2.05, 4.69) is 52.0 Å². The highest BCUT2D eigenvalue weighted by atomic mass is 32.1. The Morgan fingerprint density at radius 1 is 1.05 bits per heavy atom. The van der Waals surface area contributed by atoms with Gasteiger partial charge < -0.3 is 0 Å². The third-order valence-corrected chi connectivity index (χ3v) is 6.00. The third-order valence-electron chi connectivity index (χ3n) is 4.86. The van der Waals surface area contributed by atoms with Crippen molar-refractivity contribution in [2.75, 3.05) is 0 Å². The van der Waals surface area contributed by atoms with Crippen LogP contribution in [0.25, 0.3) is 0 Å². The van der Waals surface area contributed by atoms with Crippen LogP contribution in [0.4, 0.5) is 0 Å². The average molecular weight is 270 g/mol. The Balaban J connectivity index is 2.05. The smallest absolute Gasteiger partial charge is 0.00548 e. The van der Waals surface area contributed by atoms with Gasteiger partial charge in [-0.25, -0.2) is 0 Å². The maximum absolute atomic E-state index is 2.41. The monoisotopic (exact) mass is 270 g/mol. The molecule has 0 bridgehead atoms. The molecule has 0 fully saturated rings. The van der Waals surface area contributed by atoms with Crippen molar-refractivity contribution >= 4 is 11.3 Å². The van der Waals surface area contributed by atoms with E-state index < -0.39 is 0 Å². The Morgan fingerprint density at radius 3 is 2.47 bits per heavy atom. The summed E-state index contributed by atoms with van der Waals surface area (Å²) in [6.07, 6.45) is 2.54. The van der Waals surface area contributed by atoms with E-state index in [0.717, 1.165) is 0 Å². The first kappa shape index (κ1) is 12.9. The molecule has 1 aliphatic rings. The minimum absolute atomic E-state index is 0.649. The first-order valence-corrected chi connectivity index (χ1v) is 8.05. The lowest BCUT2D eigenvalue weighted by molar-refractivity contribution is 0.499. The molecule has 1 heteroatoms. The number of benzene rings is 1. The van der Waals surface area contributed by atoms with Gasteiger partial charge in [-0.2, -0.15) is 0 Å². The lowest BCUT2D eigenvalue weighted by Crippen LogP contribution is -2.17. The lowest BCUT2D eigenvalue weighted by atomic mass is 9.72. The summed E-state index contributed by atoms with van der Waals surface area (Å²) in [6, 6.07) is 9.00. The van der Waals surface area contributed by atoms with Gasteiger partial charge in [0.15, 0.2) is 0 Å². The van der Waals surface area contributed by atoms with Crippen LogP contribution in [-0.4, -0.2) is 0 Å². The summed E-state index contributed by atoms with van der Waals surface area (Å²) >= 11 is 1.97. The van der Waals surface area contributed by atoms with Gasteiger partial charge in [-0.15, -0.1) is 11.3 Å².